The highest BCUT2D eigenvalue weighted by atomic mass is 35.5. The first-order chi connectivity index (χ1) is 11.2. The van der Waals surface area contributed by atoms with E-state index in [1.807, 2.05) is 12.1 Å². The molecular weight excluding hydrogens is 339 g/mol. The molecule has 4 heteroatoms. The van der Waals surface area contributed by atoms with Gasteiger partial charge in [0.15, 0.2) is 0 Å². The Kier molecular flexibility index (Phi) is 5.24. The summed E-state index contributed by atoms with van der Waals surface area (Å²) in [6.07, 6.45) is 5.01. The Morgan fingerprint density at radius 3 is 2.54 bits per heavy atom. The number of halogens is 2. The highest BCUT2D eigenvalue weighted by molar-refractivity contribution is 6.42. The van der Waals surface area contributed by atoms with E-state index < -0.39 is 0 Å². The molecule has 0 radical (unpaired) electrons. The third-order valence-corrected chi connectivity index (χ3v) is 7.32. The van der Waals surface area contributed by atoms with Crippen molar-refractivity contribution in [1.82, 2.24) is 9.80 Å². The molecule has 2 bridgehead atoms. The van der Waals surface area contributed by atoms with E-state index in [-0.39, 0.29) is 0 Å². The van der Waals surface area contributed by atoms with Crippen molar-refractivity contribution in [2.24, 2.45) is 5.92 Å². The highest BCUT2D eigenvalue weighted by Gasteiger charge is 2.56. The smallest absolute Gasteiger partial charge is 0.0595 e. The van der Waals surface area contributed by atoms with Crippen LogP contribution in [0.1, 0.15) is 45.6 Å². The van der Waals surface area contributed by atoms with Crippen LogP contribution in [0.25, 0.3) is 0 Å². The number of likely N-dealkylation sites (N-methyl/N-ethyl adjacent to an activating group) is 1. The van der Waals surface area contributed by atoms with Crippen molar-refractivity contribution in [2.75, 3.05) is 26.7 Å². The van der Waals surface area contributed by atoms with Crippen molar-refractivity contribution in [3.63, 3.8) is 0 Å². The van der Waals surface area contributed by atoms with E-state index in [0.29, 0.717) is 21.1 Å². The molecule has 0 spiro atoms. The van der Waals surface area contributed by atoms with Crippen LogP contribution in [0, 0.1) is 5.92 Å². The summed E-state index contributed by atoms with van der Waals surface area (Å²) in [5.41, 5.74) is 2.04. The Hall–Kier alpha value is -0.280. The first-order valence-corrected chi connectivity index (χ1v) is 9.88. The van der Waals surface area contributed by atoms with Crippen LogP contribution in [-0.2, 0) is 6.42 Å². The maximum atomic E-state index is 6.11. The molecule has 1 aromatic rings. The van der Waals surface area contributed by atoms with Crippen LogP contribution in [0.5, 0.6) is 0 Å². The van der Waals surface area contributed by atoms with E-state index in [4.69, 9.17) is 23.2 Å². The summed E-state index contributed by atoms with van der Waals surface area (Å²) < 4.78 is 0. The van der Waals surface area contributed by atoms with E-state index >= 15 is 0 Å². The normalized spacial score (nSPS) is 31.1. The Labute approximate surface area is 157 Å². The molecule has 2 nitrogen and oxygen atoms in total. The lowest BCUT2D eigenvalue weighted by molar-refractivity contribution is -0.173. The van der Waals surface area contributed by atoms with Crippen LogP contribution in [0.15, 0.2) is 18.2 Å². The Balaban J connectivity index is 1.48. The number of nitrogens with zero attached hydrogens (tertiary/aromatic N) is 2. The van der Waals surface area contributed by atoms with Gasteiger partial charge in [0.1, 0.15) is 0 Å². The zero-order valence-corrected chi connectivity index (χ0v) is 16.9. The molecule has 0 aliphatic carbocycles. The SMILES string of the molecule is CN(CCc1ccc(Cl)c(Cl)c1)CCC1(C)CCC2CN1C2(C)C. The fourth-order valence-electron chi connectivity index (χ4n) is 4.59. The second-order valence-electron chi connectivity index (χ2n) is 8.55. The number of hydrogen-bond donors (Lipinski definition) is 0. The standard InChI is InChI=1S/C20H30Cl2N2/c1-19(2)16-7-9-20(3,24(19)14-16)10-12-23(4)11-8-15-5-6-17(21)18(22)13-15/h5-6,13,16H,7-12,14H2,1-4H3. The lowest BCUT2D eigenvalue weighted by Gasteiger charge is -2.67. The average Bonchev–Trinajstić information content (AvgIpc) is 2.54. The molecule has 3 unspecified atom stereocenters. The fourth-order valence-corrected chi connectivity index (χ4v) is 4.91. The van der Waals surface area contributed by atoms with E-state index in [9.17, 15) is 0 Å². The average molecular weight is 369 g/mol. The lowest BCUT2D eigenvalue weighted by Crippen LogP contribution is -2.74. The van der Waals surface area contributed by atoms with Crippen molar-refractivity contribution >= 4 is 23.2 Å². The summed E-state index contributed by atoms with van der Waals surface area (Å²) in [6.45, 7) is 10.8. The largest absolute Gasteiger partial charge is 0.306 e. The molecule has 1 aromatic carbocycles. The maximum absolute atomic E-state index is 6.11. The van der Waals surface area contributed by atoms with Gasteiger partial charge in [-0.05, 0) is 83.7 Å². The molecule has 4 rings (SSSR count). The van der Waals surface area contributed by atoms with Gasteiger partial charge in [0, 0.05) is 24.2 Å². The number of piperidine rings is 2. The van der Waals surface area contributed by atoms with Crippen molar-refractivity contribution in [2.45, 2.75) is 57.5 Å². The number of benzene rings is 1. The molecule has 3 aliphatic heterocycles. The Bertz CT molecular complexity index is 599. The molecule has 3 fully saturated rings. The predicted molar refractivity (Wildman–Crippen MR) is 104 cm³/mol. The minimum atomic E-state index is 0.371. The van der Waals surface area contributed by atoms with Gasteiger partial charge in [-0.25, -0.2) is 0 Å². The summed E-state index contributed by atoms with van der Waals surface area (Å²) in [5.74, 6) is 0.915. The maximum Gasteiger partial charge on any atom is 0.0595 e. The number of hydrogen-bond acceptors (Lipinski definition) is 2. The molecule has 0 N–H and O–H groups in total. The zero-order valence-electron chi connectivity index (χ0n) is 15.4. The van der Waals surface area contributed by atoms with Gasteiger partial charge < -0.3 is 4.90 Å². The molecule has 24 heavy (non-hydrogen) atoms. The molecule has 3 saturated heterocycles. The molecular formula is C20H30Cl2N2. The Morgan fingerprint density at radius 2 is 1.92 bits per heavy atom. The minimum absolute atomic E-state index is 0.371. The minimum Gasteiger partial charge on any atom is -0.306 e. The topological polar surface area (TPSA) is 6.48 Å². The summed E-state index contributed by atoms with van der Waals surface area (Å²) in [6, 6.07) is 5.96. The molecule has 3 heterocycles. The van der Waals surface area contributed by atoms with Crippen LogP contribution in [0.3, 0.4) is 0 Å². The second-order valence-corrected chi connectivity index (χ2v) is 9.36. The molecule has 0 saturated carbocycles. The van der Waals surface area contributed by atoms with E-state index in [1.54, 1.807) is 0 Å². The van der Waals surface area contributed by atoms with Crippen LogP contribution >= 0.6 is 23.2 Å². The lowest BCUT2D eigenvalue weighted by atomic mass is 9.63. The summed E-state index contributed by atoms with van der Waals surface area (Å²) in [7, 11) is 2.23. The first-order valence-electron chi connectivity index (χ1n) is 9.12. The summed E-state index contributed by atoms with van der Waals surface area (Å²) in [4.78, 5) is 5.20. The van der Waals surface area contributed by atoms with E-state index in [2.05, 4.69) is 43.7 Å². The summed E-state index contributed by atoms with van der Waals surface area (Å²) >= 11 is 12.1. The molecule has 3 aliphatic rings. The molecule has 0 aromatic heterocycles. The zero-order chi connectivity index (χ0) is 17.5. The van der Waals surface area contributed by atoms with Crippen molar-refractivity contribution in [3.8, 4) is 0 Å². The van der Waals surface area contributed by atoms with E-state index in [0.717, 1.165) is 25.4 Å². The molecule has 3 atom stereocenters. The van der Waals surface area contributed by atoms with Gasteiger partial charge in [0.05, 0.1) is 10.0 Å². The van der Waals surface area contributed by atoms with Gasteiger partial charge >= 0.3 is 0 Å². The van der Waals surface area contributed by atoms with Crippen LogP contribution < -0.4 is 0 Å². The van der Waals surface area contributed by atoms with Crippen molar-refractivity contribution in [3.05, 3.63) is 33.8 Å². The predicted octanol–water partition coefficient (Wildman–Crippen LogP) is 5.12. The summed E-state index contributed by atoms with van der Waals surface area (Å²) in [5, 5.41) is 1.29. The number of fused-ring (bicyclic) bond motifs is 2. The van der Waals surface area contributed by atoms with Crippen molar-refractivity contribution in [1.29, 1.82) is 0 Å². The molecule has 134 valence electrons. The number of rotatable bonds is 6. The second kappa shape index (κ2) is 6.79. The van der Waals surface area contributed by atoms with Crippen LogP contribution in [0.4, 0.5) is 0 Å². The van der Waals surface area contributed by atoms with Gasteiger partial charge in [-0.1, -0.05) is 29.3 Å². The third kappa shape index (κ3) is 3.49. The van der Waals surface area contributed by atoms with Gasteiger partial charge in [-0.3, -0.25) is 4.90 Å². The van der Waals surface area contributed by atoms with Crippen LogP contribution in [-0.4, -0.2) is 47.6 Å². The van der Waals surface area contributed by atoms with E-state index in [1.165, 1.54) is 31.4 Å². The van der Waals surface area contributed by atoms with Gasteiger partial charge in [0.2, 0.25) is 0 Å². The molecule has 0 amide bonds. The van der Waals surface area contributed by atoms with Crippen LogP contribution in [0.2, 0.25) is 10.0 Å². The van der Waals surface area contributed by atoms with Gasteiger partial charge in [-0.2, -0.15) is 0 Å². The van der Waals surface area contributed by atoms with Crippen molar-refractivity contribution < 1.29 is 0 Å². The fraction of sp³-hybridized carbons (Fsp3) is 0.700. The Morgan fingerprint density at radius 1 is 1.17 bits per heavy atom. The van der Waals surface area contributed by atoms with Gasteiger partial charge in [0.25, 0.3) is 0 Å². The monoisotopic (exact) mass is 368 g/mol. The van der Waals surface area contributed by atoms with Gasteiger partial charge in [-0.15, -0.1) is 0 Å². The first kappa shape index (κ1) is 18.5. The highest BCUT2D eigenvalue weighted by Crippen LogP contribution is 2.51. The third-order valence-electron chi connectivity index (χ3n) is 6.58. The quantitative estimate of drug-likeness (QED) is 0.687.